The van der Waals surface area contributed by atoms with Crippen molar-refractivity contribution in [1.29, 1.82) is 0 Å². The van der Waals surface area contributed by atoms with Gasteiger partial charge in [-0.05, 0) is 6.42 Å². The number of carbonyl (C=O) groups excluding carboxylic acids is 1. The van der Waals surface area contributed by atoms with Gasteiger partial charge in [-0.1, -0.05) is 24.6 Å². The van der Waals surface area contributed by atoms with Crippen molar-refractivity contribution in [3.05, 3.63) is 0 Å². The summed E-state index contributed by atoms with van der Waals surface area (Å²) in [5, 5.41) is -1.52. The molecule has 0 N–H and O–H groups in total. The van der Waals surface area contributed by atoms with Crippen molar-refractivity contribution in [1.82, 2.24) is 0 Å². The van der Waals surface area contributed by atoms with Crippen LogP contribution < -0.4 is 51.4 Å². The van der Waals surface area contributed by atoms with Crippen LogP contribution in [0.4, 0.5) is 12.9 Å². The summed E-state index contributed by atoms with van der Waals surface area (Å²) < 4.78 is 42.4. The van der Waals surface area contributed by atoms with Crippen LogP contribution in [0.25, 0.3) is 0 Å². The monoisotopic (exact) mass is 246 g/mol. The summed E-state index contributed by atoms with van der Waals surface area (Å²) in [6.45, 7) is -4.81. The van der Waals surface area contributed by atoms with Crippen molar-refractivity contribution in [3.8, 4) is 0 Å². The normalized spacial score (nSPS) is 37.9. The Morgan fingerprint density at radius 2 is 1.80 bits per heavy atom. The van der Waals surface area contributed by atoms with Crippen LogP contribution in [0.2, 0.25) is 5.31 Å². The van der Waals surface area contributed by atoms with Crippen LogP contribution in [-0.4, -0.2) is 20.1 Å². The standard InChI is InChI=1S/C8H11BF3O2.K/c1-14-6(13)7-2-3-8(4-7,5-7)9(10,11)12;/h2-5H2,1H3;/q-1;+1. The first-order valence-corrected chi connectivity index (χ1v) is 4.63. The van der Waals surface area contributed by atoms with Gasteiger partial charge in [0, 0.05) is 0 Å². The fourth-order valence-electron chi connectivity index (χ4n) is 3.00. The zero-order valence-electron chi connectivity index (χ0n) is 8.86. The number of hydrogen-bond acceptors (Lipinski definition) is 2. The molecule has 7 heteroatoms. The number of methoxy groups -OCH3 is 1. The Labute approximate surface area is 129 Å². The number of rotatable bonds is 2. The molecule has 2 bridgehead atoms. The Morgan fingerprint density at radius 1 is 1.27 bits per heavy atom. The summed E-state index contributed by atoms with van der Waals surface area (Å²) in [6, 6.07) is 0. The molecule has 0 saturated heterocycles. The summed E-state index contributed by atoms with van der Waals surface area (Å²) in [5.41, 5.74) is -0.800. The largest absolute Gasteiger partial charge is 1.00 e. The van der Waals surface area contributed by atoms with Crippen LogP contribution in [0.3, 0.4) is 0 Å². The number of carbonyl (C=O) groups is 1. The van der Waals surface area contributed by atoms with Gasteiger partial charge in [-0.25, -0.2) is 0 Å². The Kier molecular flexibility index (Phi) is 3.75. The third-order valence-corrected chi connectivity index (χ3v) is 3.80. The van der Waals surface area contributed by atoms with E-state index in [9.17, 15) is 17.7 Å². The molecule has 0 aromatic rings. The van der Waals surface area contributed by atoms with E-state index in [0.717, 1.165) is 0 Å². The third-order valence-electron chi connectivity index (χ3n) is 3.80. The van der Waals surface area contributed by atoms with Gasteiger partial charge in [0.2, 0.25) is 0 Å². The van der Waals surface area contributed by atoms with Crippen molar-refractivity contribution in [2.45, 2.75) is 31.0 Å². The van der Waals surface area contributed by atoms with Gasteiger partial charge in [-0.3, -0.25) is 4.79 Å². The van der Waals surface area contributed by atoms with Crippen LogP contribution in [0, 0.1) is 5.41 Å². The molecule has 3 aliphatic carbocycles. The fraction of sp³-hybridized carbons (Fsp3) is 0.875. The average Bonchev–Trinajstić information content (AvgIpc) is 2.55. The Balaban J connectivity index is 0.00000112. The summed E-state index contributed by atoms with van der Waals surface area (Å²) in [7, 11) is 1.23. The Morgan fingerprint density at radius 3 is 2.13 bits per heavy atom. The molecule has 0 radical (unpaired) electrons. The number of ether oxygens (including phenoxy) is 1. The van der Waals surface area contributed by atoms with E-state index in [4.69, 9.17) is 0 Å². The molecule has 0 spiro atoms. The van der Waals surface area contributed by atoms with Gasteiger partial charge in [0.05, 0.1) is 12.5 Å². The number of esters is 1. The molecular weight excluding hydrogens is 235 g/mol. The average molecular weight is 246 g/mol. The second-order valence-corrected chi connectivity index (χ2v) is 4.56. The maximum absolute atomic E-state index is 12.6. The van der Waals surface area contributed by atoms with E-state index >= 15 is 0 Å². The van der Waals surface area contributed by atoms with Gasteiger partial charge in [0.25, 0.3) is 0 Å². The molecule has 3 fully saturated rings. The van der Waals surface area contributed by atoms with E-state index in [0.29, 0.717) is 6.42 Å². The minimum atomic E-state index is -4.81. The minimum absolute atomic E-state index is 0. The van der Waals surface area contributed by atoms with Gasteiger partial charge < -0.3 is 17.7 Å². The van der Waals surface area contributed by atoms with Crippen molar-refractivity contribution in [2.75, 3.05) is 7.11 Å². The molecule has 0 aliphatic heterocycles. The molecule has 0 aromatic heterocycles. The van der Waals surface area contributed by atoms with Crippen LogP contribution in [0.1, 0.15) is 25.7 Å². The van der Waals surface area contributed by atoms with E-state index < -0.39 is 23.7 Å². The number of fused-ring (bicyclic) bond motifs is 1. The van der Waals surface area contributed by atoms with E-state index in [1.54, 1.807) is 0 Å². The van der Waals surface area contributed by atoms with Gasteiger partial charge in [-0.15, -0.1) is 0 Å². The molecule has 0 heterocycles. The van der Waals surface area contributed by atoms with Gasteiger partial charge in [0.15, 0.2) is 0 Å². The van der Waals surface area contributed by atoms with Crippen LogP contribution >= 0.6 is 0 Å². The Hall–Kier alpha value is 0.961. The minimum Gasteiger partial charge on any atom is -0.469 e. The van der Waals surface area contributed by atoms with Crippen LogP contribution in [0.5, 0.6) is 0 Å². The molecule has 0 aromatic carbocycles. The molecular formula is C8H11BF3KO2. The van der Waals surface area contributed by atoms with E-state index in [-0.39, 0.29) is 70.6 Å². The van der Waals surface area contributed by atoms with E-state index in [2.05, 4.69) is 4.74 Å². The molecule has 2 nitrogen and oxygen atoms in total. The predicted octanol–water partition coefficient (Wildman–Crippen LogP) is -0.675. The summed E-state index contributed by atoms with van der Waals surface area (Å²) >= 11 is 0. The summed E-state index contributed by atoms with van der Waals surface area (Å²) in [5.74, 6) is -0.467. The molecule has 0 amide bonds. The first kappa shape index (κ1) is 14.0. The number of hydrogen-bond donors (Lipinski definition) is 0. The van der Waals surface area contributed by atoms with E-state index in [1.807, 2.05) is 0 Å². The molecule has 3 rings (SSSR count). The molecule has 80 valence electrons. The second-order valence-electron chi connectivity index (χ2n) is 4.56. The topological polar surface area (TPSA) is 26.3 Å². The Bertz CT molecular complexity index is 286. The summed E-state index contributed by atoms with van der Waals surface area (Å²) in [6.07, 6.45) is 0.346. The van der Waals surface area contributed by atoms with Gasteiger partial charge in [-0.2, -0.15) is 0 Å². The molecule has 0 unspecified atom stereocenters. The van der Waals surface area contributed by atoms with Crippen LogP contribution in [0.15, 0.2) is 0 Å². The number of halogens is 3. The molecule has 15 heavy (non-hydrogen) atoms. The zero-order valence-corrected chi connectivity index (χ0v) is 12.0. The maximum Gasteiger partial charge on any atom is 1.00 e. The second kappa shape index (κ2) is 4.01. The predicted molar refractivity (Wildman–Crippen MR) is 44.7 cm³/mol. The van der Waals surface area contributed by atoms with Gasteiger partial charge in [0.1, 0.15) is 0 Å². The molecule has 3 saturated carbocycles. The summed E-state index contributed by atoms with van der Waals surface area (Å²) in [4.78, 5) is 11.3. The zero-order chi connectivity index (χ0) is 10.6. The quantitative estimate of drug-likeness (QED) is 0.477. The third kappa shape index (κ3) is 1.84. The van der Waals surface area contributed by atoms with E-state index in [1.165, 1.54) is 7.11 Å². The molecule has 0 atom stereocenters. The van der Waals surface area contributed by atoms with Crippen molar-refractivity contribution in [2.24, 2.45) is 5.41 Å². The molecule has 3 aliphatic rings. The smallest absolute Gasteiger partial charge is 0.469 e. The fourth-order valence-corrected chi connectivity index (χ4v) is 3.00. The van der Waals surface area contributed by atoms with Crippen LogP contribution in [-0.2, 0) is 9.53 Å². The van der Waals surface area contributed by atoms with Crippen molar-refractivity contribution < 1.29 is 73.9 Å². The maximum atomic E-state index is 12.6. The van der Waals surface area contributed by atoms with Gasteiger partial charge >= 0.3 is 64.3 Å². The SMILES string of the molecule is COC(=O)C12CCC([B-](F)(F)F)(C1)C2.[K+]. The first-order chi connectivity index (χ1) is 6.35. The van der Waals surface area contributed by atoms with Crippen molar-refractivity contribution in [3.63, 3.8) is 0 Å². The first-order valence-electron chi connectivity index (χ1n) is 4.63. The van der Waals surface area contributed by atoms with Crippen molar-refractivity contribution >= 4 is 12.9 Å².